The zero-order valence-corrected chi connectivity index (χ0v) is 20.0. The molecule has 0 saturated heterocycles. The van der Waals surface area contributed by atoms with Crippen LogP contribution in [0.25, 0.3) is 0 Å². The van der Waals surface area contributed by atoms with Crippen LogP contribution in [0, 0.1) is 0 Å². The molecule has 0 spiro atoms. The Bertz CT molecular complexity index is 253. The van der Waals surface area contributed by atoms with Crippen molar-refractivity contribution in [2.75, 3.05) is 24.6 Å². The van der Waals surface area contributed by atoms with E-state index in [1.807, 2.05) is 0 Å². The molecule has 0 atom stereocenters. The quantitative estimate of drug-likeness (QED) is 0.152. The molecule has 0 aliphatic heterocycles. The van der Waals surface area contributed by atoms with Gasteiger partial charge in [0.05, 0.1) is 0 Å². The summed E-state index contributed by atoms with van der Waals surface area (Å²) in [4.78, 5) is 0. The normalized spacial score (nSPS) is 13.8. The van der Waals surface area contributed by atoms with Crippen LogP contribution >= 0.6 is 20.8 Å². The molecular formula is C22H48BrP. The minimum atomic E-state index is -1.61. The van der Waals surface area contributed by atoms with E-state index in [-0.39, 0.29) is 0 Å². The van der Waals surface area contributed by atoms with Crippen LogP contribution in [0.2, 0.25) is 0 Å². The van der Waals surface area contributed by atoms with Crippen molar-refractivity contribution in [2.24, 2.45) is 0 Å². The molecule has 0 saturated carbocycles. The van der Waals surface area contributed by atoms with Crippen LogP contribution in [0.15, 0.2) is 0 Å². The van der Waals surface area contributed by atoms with Crippen LogP contribution in [0.4, 0.5) is 0 Å². The Morgan fingerprint density at radius 2 is 0.708 bits per heavy atom. The second-order valence-corrected chi connectivity index (χ2v) is 19.7. The maximum absolute atomic E-state index is 4.53. The van der Waals surface area contributed by atoms with Gasteiger partial charge < -0.3 is 0 Å². The fraction of sp³-hybridized carbons (Fsp3) is 1.00. The van der Waals surface area contributed by atoms with E-state index in [0.717, 1.165) is 0 Å². The number of hydrogen-bond donors (Lipinski definition) is 0. The molecule has 0 radical (unpaired) electrons. The summed E-state index contributed by atoms with van der Waals surface area (Å²) in [5, 5.41) is -1.61. The van der Waals surface area contributed by atoms with Gasteiger partial charge in [-0.1, -0.05) is 0 Å². The number of hydrogen-bond acceptors (Lipinski definition) is 0. The Kier molecular flexibility index (Phi) is 15.6. The molecule has 0 aliphatic carbocycles. The summed E-state index contributed by atoms with van der Waals surface area (Å²) in [6.07, 6.45) is 26.1. The Labute approximate surface area is 163 Å². The third-order valence-electron chi connectivity index (χ3n) is 5.78. The first-order chi connectivity index (χ1) is 11.5. The Hall–Kier alpha value is 0.910. The Morgan fingerprint density at radius 1 is 0.417 bits per heavy atom. The molecule has 2 heteroatoms. The van der Waals surface area contributed by atoms with Crippen molar-refractivity contribution in [1.29, 1.82) is 0 Å². The van der Waals surface area contributed by atoms with Gasteiger partial charge in [0, 0.05) is 0 Å². The van der Waals surface area contributed by atoms with Crippen molar-refractivity contribution in [3.8, 4) is 0 Å². The van der Waals surface area contributed by atoms with Gasteiger partial charge in [-0.2, -0.15) is 0 Å². The molecule has 0 N–H and O–H groups in total. The van der Waals surface area contributed by atoms with E-state index in [9.17, 15) is 0 Å². The summed E-state index contributed by atoms with van der Waals surface area (Å²) >= 11 is 4.53. The van der Waals surface area contributed by atoms with Gasteiger partial charge in [0.15, 0.2) is 0 Å². The van der Waals surface area contributed by atoms with Crippen LogP contribution in [-0.4, -0.2) is 24.6 Å². The van der Waals surface area contributed by atoms with Gasteiger partial charge in [-0.25, -0.2) is 0 Å². The molecule has 0 aromatic carbocycles. The van der Waals surface area contributed by atoms with Crippen molar-refractivity contribution >= 4 is 20.8 Å². The van der Waals surface area contributed by atoms with Crippen molar-refractivity contribution in [3.05, 3.63) is 0 Å². The summed E-state index contributed by atoms with van der Waals surface area (Å²) in [5.74, 6) is 0. The van der Waals surface area contributed by atoms with Gasteiger partial charge in [-0.05, 0) is 0 Å². The van der Waals surface area contributed by atoms with E-state index >= 15 is 0 Å². The number of rotatable bonds is 18. The van der Waals surface area contributed by atoms with Gasteiger partial charge in [0.2, 0.25) is 0 Å². The summed E-state index contributed by atoms with van der Waals surface area (Å²) in [7, 11) is 0. The minimum absolute atomic E-state index is 1.36. The van der Waals surface area contributed by atoms with E-state index in [1.165, 1.54) is 115 Å². The van der Waals surface area contributed by atoms with Crippen LogP contribution in [0.3, 0.4) is 0 Å². The first-order valence-corrected chi connectivity index (χ1v) is 16.3. The predicted molar refractivity (Wildman–Crippen MR) is 123 cm³/mol. The maximum atomic E-state index is 4.53. The molecule has 148 valence electrons. The van der Waals surface area contributed by atoms with Crippen molar-refractivity contribution in [1.82, 2.24) is 0 Å². The van der Waals surface area contributed by atoms with E-state index < -0.39 is 5.31 Å². The predicted octanol–water partition coefficient (Wildman–Crippen LogP) is 9.39. The van der Waals surface area contributed by atoms with Crippen molar-refractivity contribution in [3.63, 3.8) is 0 Å². The summed E-state index contributed by atoms with van der Waals surface area (Å²) in [6, 6.07) is 0. The molecule has 0 bridgehead atoms. The summed E-state index contributed by atoms with van der Waals surface area (Å²) in [6.45, 7) is 9.40. The first-order valence-electron chi connectivity index (χ1n) is 11.3. The zero-order chi connectivity index (χ0) is 18.2. The van der Waals surface area contributed by atoms with Crippen LogP contribution in [0.5, 0.6) is 0 Å². The number of unbranched alkanes of at least 4 members (excludes halogenated alkanes) is 10. The fourth-order valence-electron chi connectivity index (χ4n) is 3.97. The van der Waals surface area contributed by atoms with Crippen LogP contribution < -0.4 is 0 Å². The SMILES string of the molecule is CCCCCCCCCCP(Br)(CCCC)(CCCC)CCCC. The molecule has 24 heavy (non-hydrogen) atoms. The topological polar surface area (TPSA) is 0 Å². The average molecular weight is 424 g/mol. The standard InChI is InChI=1S/C22H48BrP/c1-5-9-13-14-15-16-17-18-22-24(23,19-10-6-2,20-11-7-3)21-12-8-4/h5-22H2,1-4H3. The second kappa shape index (κ2) is 15.0. The van der Waals surface area contributed by atoms with Gasteiger partial charge in [-0.15, -0.1) is 0 Å². The average Bonchev–Trinajstić information content (AvgIpc) is 2.60. The molecule has 0 fully saturated rings. The van der Waals surface area contributed by atoms with E-state index in [1.54, 1.807) is 0 Å². The summed E-state index contributed by atoms with van der Waals surface area (Å²) < 4.78 is 0. The Balaban J connectivity index is 4.44. The van der Waals surface area contributed by atoms with Crippen LogP contribution in [0.1, 0.15) is 118 Å². The molecule has 0 aromatic rings. The molecule has 0 amide bonds. The molecule has 0 heterocycles. The molecule has 0 nitrogen and oxygen atoms in total. The monoisotopic (exact) mass is 422 g/mol. The van der Waals surface area contributed by atoms with Crippen molar-refractivity contribution < 1.29 is 0 Å². The van der Waals surface area contributed by atoms with Gasteiger partial charge >= 0.3 is 163 Å². The molecule has 0 rings (SSSR count). The summed E-state index contributed by atoms with van der Waals surface area (Å²) in [5.41, 5.74) is 0. The van der Waals surface area contributed by atoms with Gasteiger partial charge in [0.25, 0.3) is 0 Å². The van der Waals surface area contributed by atoms with Gasteiger partial charge in [0.1, 0.15) is 0 Å². The van der Waals surface area contributed by atoms with E-state index in [0.29, 0.717) is 0 Å². The fourth-order valence-corrected chi connectivity index (χ4v) is 12.7. The third-order valence-corrected chi connectivity index (χ3v) is 15.8. The van der Waals surface area contributed by atoms with Crippen molar-refractivity contribution in [2.45, 2.75) is 118 Å². The van der Waals surface area contributed by atoms with Gasteiger partial charge in [-0.3, -0.25) is 0 Å². The molecule has 0 aromatic heterocycles. The Morgan fingerprint density at radius 3 is 1.08 bits per heavy atom. The second-order valence-electron chi connectivity index (χ2n) is 8.25. The van der Waals surface area contributed by atoms with E-state index in [4.69, 9.17) is 0 Å². The third kappa shape index (κ3) is 11.5. The molecule has 0 unspecified atom stereocenters. The number of halogens is 1. The van der Waals surface area contributed by atoms with E-state index in [2.05, 4.69) is 43.2 Å². The zero-order valence-electron chi connectivity index (χ0n) is 17.6. The first kappa shape index (κ1) is 24.9. The molecular weight excluding hydrogens is 375 g/mol. The molecule has 0 aliphatic rings. The van der Waals surface area contributed by atoms with Crippen LogP contribution in [-0.2, 0) is 0 Å².